The van der Waals surface area contributed by atoms with Crippen molar-refractivity contribution in [2.24, 2.45) is 0 Å². The third kappa shape index (κ3) is 3.47. The molecule has 0 atom stereocenters. The van der Waals surface area contributed by atoms with Crippen molar-refractivity contribution in [3.8, 4) is 11.4 Å². The Morgan fingerprint density at radius 3 is 2.50 bits per heavy atom. The van der Waals surface area contributed by atoms with Crippen LogP contribution in [0.25, 0.3) is 5.69 Å². The Morgan fingerprint density at radius 2 is 1.85 bits per heavy atom. The number of carbonyl (C=O) groups excluding carboxylic acids is 1. The Balaban J connectivity index is 1.95. The van der Waals surface area contributed by atoms with E-state index in [1.807, 2.05) is 55.5 Å². The number of methoxy groups -OCH3 is 1. The molecule has 1 heterocycles. The Labute approximate surface area is 153 Å². The number of ether oxygens (including phenoxy) is 1. The monoisotopic (exact) mass is 349 g/mol. The third-order valence-corrected chi connectivity index (χ3v) is 4.30. The van der Waals surface area contributed by atoms with E-state index >= 15 is 0 Å². The summed E-state index contributed by atoms with van der Waals surface area (Å²) in [5.41, 5.74) is 4.08. The molecular formula is C21H23N3O2. The molecule has 0 aliphatic heterocycles. The maximum Gasteiger partial charge on any atom is 0.280 e. The summed E-state index contributed by atoms with van der Waals surface area (Å²) in [6.07, 6.45) is 1.71. The van der Waals surface area contributed by atoms with Crippen LogP contribution in [0.3, 0.4) is 0 Å². The van der Waals surface area contributed by atoms with Gasteiger partial charge in [-0.3, -0.25) is 4.79 Å². The number of rotatable bonds is 5. The van der Waals surface area contributed by atoms with Crippen molar-refractivity contribution in [2.45, 2.75) is 26.7 Å². The second-order valence-electron chi connectivity index (χ2n) is 6.47. The highest BCUT2D eigenvalue weighted by atomic mass is 16.5. The first-order valence-electron chi connectivity index (χ1n) is 8.61. The molecule has 0 fully saturated rings. The van der Waals surface area contributed by atoms with Gasteiger partial charge in [-0.15, -0.1) is 0 Å². The summed E-state index contributed by atoms with van der Waals surface area (Å²) in [6, 6.07) is 15.7. The zero-order valence-corrected chi connectivity index (χ0v) is 15.5. The average Bonchev–Trinajstić information content (AvgIpc) is 3.08. The maximum atomic E-state index is 12.9. The summed E-state index contributed by atoms with van der Waals surface area (Å²) in [4.78, 5) is 12.9. The fraction of sp³-hybridized carbons (Fsp3) is 0.238. The van der Waals surface area contributed by atoms with Crippen molar-refractivity contribution < 1.29 is 9.53 Å². The summed E-state index contributed by atoms with van der Waals surface area (Å²) < 4.78 is 7.02. The van der Waals surface area contributed by atoms with Crippen LogP contribution in [0.15, 0.2) is 54.7 Å². The van der Waals surface area contributed by atoms with Crippen LogP contribution in [0.1, 0.15) is 41.4 Å². The van der Waals surface area contributed by atoms with Crippen LogP contribution < -0.4 is 10.1 Å². The van der Waals surface area contributed by atoms with E-state index in [-0.39, 0.29) is 11.6 Å². The molecule has 1 N–H and O–H groups in total. The molecule has 0 saturated carbocycles. The van der Waals surface area contributed by atoms with Gasteiger partial charge in [-0.05, 0) is 36.1 Å². The Hall–Kier alpha value is -3.08. The van der Waals surface area contributed by atoms with Crippen LogP contribution in [-0.2, 0) is 0 Å². The molecule has 26 heavy (non-hydrogen) atoms. The van der Waals surface area contributed by atoms with Gasteiger partial charge in [-0.1, -0.05) is 50.2 Å². The van der Waals surface area contributed by atoms with E-state index in [1.54, 1.807) is 10.9 Å². The normalized spacial score (nSPS) is 10.8. The molecule has 5 heteroatoms. The van der Waals surface area contributed by atoms with Gasteiger partial charge >= 0.3 is 0 Å². The molecule has 134 valence electrons. The van der Waals surface area contributed by atoms with E-state index < -0.39 is 0 Å². The van der Waals surface area contributed by atoms with Crippen molar-refractivity contribution in [2.75, 3.05) is 12.4 Å². The number of hydrogen-bond donors (Lipinski definition) is 1. The van der Waals surface area contributed by atoms with Gasteiger partial charge in [0, 0.05) is 5.69 Å². The number of amides is 1. The fourth-order valence-corrected chi connectivity index (χ4v) is 2.89. The van der Waals surface area contributed by atoms with Gasteiger partial charge in [0.25, 0.3) is 5.91 Å². The smallest absolute Gasteiger partial charge is 0.280 e. The molecule has 0 unspecified atom stereocenters. The summed E-state index contributed by atoms with van der Waals surface area (Å²) in [5, 5.41) is 7.45. The van der Waals surface area contributed by atoms with Crippen molar-refractivity contribution in [1.29, 1.82) is 0 Å². The number of benzene rings is 2. The second kappa shape index (κ2) is 7.44. The van der Waals surface area contributed by atoms with Gasteiger partial charge in [0.2, 0.25) is 0 Å². The molecule has 3 rings (SSSR count). The highest BCUT2D eigenvalue weighted by Crippen LogP contribution is 2.29. The highest BCUT2D eigenvalue weighted by Gasteiger charge is 2.20. The van der Waals surface area contributed by atoms with Crippen LogP contribution in [0, 0.1) is 6.92 Å². The average molecular weight is 349 g/mol. The number of para-hydroxylation sites is 2. The summed E-state index contributed by atoms with van der Waals surface area (Å²) in [6.45, 7) is 6.20. The molecular weight excluding hydrogens is 326 g/mol. The van der Waals surface area contributed by atoms with Crippen molar-refractivity contribution in [3.05, 3.63) is 71.5 Å². The molecule has 1 amide bonds. The molecule has 0 bridgehead atoms. The zero-order chi connectivity index (χ0) is 18.7. The van der Waals surface area contributed by atoms with Gasteiger partial charge in [-0.25, -0.2) is 4.68 Å². The number of anilines is 1. The maximum absolute atomic E-state index is 12.9. The summed E-state index contributed by atoms with van der Waals surface area (Å²) in [7, 11) is 1.54. The minimum absolute atomic E-state index is 0.259. The molecule has 0 saturated heterocycles. The Kier molecular flexibility index (Phi) is 5.07. The first-order chi connectivity index (χ1) is 12.5. The molecule has 0 spiro atoms. The highest BCUT2D eigenvalue weighted by molar-refractivity contribution is 6.05. The van der Waals surface area contributed by atoms with Crippen LogP contribution in [0.5, 0.6) is 5.75 Å². The summed E-state index contributed by atoms with van der Waals surface area (Å²) in [5.74, 6) is 0.452. The van der Waals surface area contributed by atoms with E-state index in [2.05, 4.69) is 24.3 Å². The van der Waals surface area contributed by atoms with Crippen LogP contribution in [0.4, 0.5) is 5.69 Å². The standard InChI is InChI=1S/C21H23N3O2/c1-14(2)17-12-8-9-15(3)19(17)22-21(25)20-18(26-4)13-24(23-20)16-10-6-5-7-11-16/h5-14H,1-4H3,(H,22,25). The van der Waals surface area contributed by atoms with Crippen molar-refractivity contribution >= 4 is 11.6 Å². The van der Waals surface area contributed by atoms with E-state index in [1.165, 1.54) is 7.11 Å². The number of carbonyl (C=O) groups is 1. The van der Waals surface area contributed by atoms with Gasteiger partial charge in [0.05, 0.1) is 19.0 Å². The van der Waals surface area contributed by atoms with Crippen LogP contribution in [0.2, 0.25) is 0 Å². The third-order valence-electron chi connectivity index (χ3n) is 4.30. The van der Waals surface area contributed by atoms with Crippen LogP contribution >= 0.6 is 0 Å². The lowest BCUT2D eigenvalue weighted by molar-refractivity contribution is 0.101. The van der Waals surface area contributed by atoms with Gasteiger partial charge in [-0.2, -0.15) is 5.10 Å². The predicted molar refractivity (Wildman–Crippen MR) is 103 cm³/mol. The fourth-order valence-electron chi connectivity index (χ4n) is 2.89. The number of hydrogen-bond acceptors (Lipinski definition) is 3. The van der Waals surface area contributed by atoms with E-state index in [4.69, 9.17) is 4.74 Å². The first-order valence-corrected chi connectivity index (χ1v) is 8.61. The SMILES string of the molecule is COc1cn(-c2ccccc2)nc1C(=O)Nc1c(C)cccc1C(C)C. The lowest BCUT2D eigenvalue weighted by Crippen LogP contribution is -2.16. The molecule has 0 aliphatic carbocycles. The van der Waals surface area contributed by atoms with E-state index in [0.29, 0.717) is 11.7 Å². The van der Waals surface area contributed by atoms with E-state index in [9.17, 15) is 4.79 Å². The topological polar surface area (TPSA) is 56.2 Å². The molecule has 1 aromatic heterocycles. The van der Waals surface area contributed by atoms with Gasteiger partial charge in [0.1, 0.15) is 0 Å². The summed E-state index contributed by atoms with van der Waals surface area (Å²) >= 11 is 0. The Bertz CT molecular complexity index is 914. The number of nitrogens with zero attached hydrogens (tertiary/aromatic N) is 2. The van der Waals surface area contributed by atoms with E-state index in [0.717, 1.165) is 22.5 Å². The number of nitrogens with one attached hydrogen (secondary N) is 1. The predicted octanol–water partition coefficient (Wildman–Crippen LogP) is 4.57. The molecule has 3 aromatic rings. The van der Waals surface area contributed by atoms with Crippen molar-refractivity contribution in [1.82, 2.24) is 9.78 Å². The minimum Gasteiger partial charge on any atom is -0.493 e. The zero-order valence-electron chi connectivity index (χ0n) is 15.5. The van der Waals surface area contributed by atoms with Crippen LogP contribution in [-0.4, -0.2) is 22.8 Å². The van der Waals surface area contributed by atoms with Gasteiger partial charge < -0.3 is 10.1 Å². The van der Waals surface area contributed by atoms with Gasteiger partial charge in [0.15, 0.2) is 11.4 Å². The minimum atomic E-state index is -0.285. The second-order valence-corrected chi connectivity index (χ2v) is 6.47. The number of aromatic nitrogens is 2. The Morgan fingerprint density at radius 1 is 1.12 bits per heavy atom. The molecule has 2 aromatic carbocycles. The number of aryl methyl sites for hydroxylation is 1. The lowest BCUT2D eigenvalue weighted by atomic mass is 9.98. The molecule has 0 aliphatic rings. The lowest BCUT2D eigenvalue weighted by Gasteiger charge is -2.16. The van der Waals surface area contributed by atoms with Crippen molar-refractivity contribution in [3.63, 3.8) is 0 Å². The quantitative estimate of drug-likeness (QED) is 0.734. The first kappa shape index (κ1) is 17.7. The molecule has 5 nitrogen and oxygen atoms in total. The largest absolute Gasteiger partial charge is 0.493 e. The molecule has 0 radical (unpaired) electrons.